The minimum Gasteiger partial charge on any atom is -0.478 e. The summed E-state index contributed by atoms with van der Waals surface area (Å²) in [5, 5.41) is 17.9. The van der Waals surface area contributed by atoms with Gasteiger partial charge in [0, 0.05) is 11.6 Å². The minimum atomic E-state index is -1.03. The van der Waals surface area contributed by atoms with Gasteiger partial charge >= 0.3 is 11.9 Å². The van der Waals surface area contributed by atoms with Crippen LogP contribution in [0.1, 0.15) is 33.6 Å². The van der Waals surface area contributed by atoms with Crippen molar-refractivity contribution in [1.29, 1.82) is 0 Å². The van der Waals surface area contributed by atoms with Gasteiger partial charge in [-0.25, -0.2) is 9.59 Å². The van der Waals surface area contributed by atoms with Gasteiger partial charge in [-0.3, -0.25) is 0 Å². The van der Waals surface area contributed by atoms with E-state index in [4.69, 9.17) is 10.2 Å². The number of hydrogen-bond acceptors (Lipinski definition) is 2. The summed E-state index contributed by atoms with van der Waals surface area (Å²) in [6.07, 6.45) is 2.38. The van der Waals surface area contributed by atoms with E-state index in [1.54, 1.807) is 6.92 Å². The van der Waals surface area contributed by atoms with Gasteiger partial charge in [-0.1, -0.05) is 13.8 Å². The second-order valence-electron chi connectivity index (χ2n) is 4.70. The Labute approximate surface area is 94.3 Å². The Hall–Kier alpha value is -1.58. The van der Waals surface area contributed by atoms with Crippen LogP contribution in [-0.2, 0) is 9.59 Å². The fourth-order valence-corrected chi connectivity index (χ4v) is 2.21. The molecule has 0 radical (unpaired) electrons. The second kappa shape index (κ2) is 4.12. The Bertz CT molecular complexity index is 399. The van der Waals surface area contributed by atoms with Crippen molar-refractivity contribution < 1.29 is 19.8 Å². The van der Waals surface area contributed by atoms with Crippen molar-refractivity contribution >= 4 is 11.9 Å². The van der Waals surface area contributed by atoms with Gasteiger partial charge in [0.05, 0.1) is 0 Å². The highest BCUT2D eigenvalue weighted by Gasteiger charge is 2.34. The number of carboxylic acid groups (broad SMARTS) is 2. The molecule has 0 unspecified atom stereocenters. The zero-order valence-electron chi connectivity index (χ0n) is 9.70. The summed E-state index contributed by atoms with van der Waals surface area (Å²) < 4.78 is 0. The van der Waals surface area contributed by atoms with E-state index < -0.39 is 17.4 Å². The Kier molecular flexibility index (Phi) is 3.21. The average Bonchev–Trinajstić information content (AvgIpc) is 2.08. The summed E-state index contributed by atoms with van der Waals surface area (Å²) in [5.74, 6) is -1.99. The van der Waals surface area contributed by atoms with Gasteiger partial charge in [0.2, 0.25) is 0 Å². The van der Waals surface area contributed by atoms with Gasteiger partial charge < -0.3 is 10.2 Å². The quantitative estimate of drug-likeness (QED) is 0.705. The molecule has 2 N–H and O–H groups in total. The zero-order valence-corrected chi connectivity index (χ0v) is 9.70. The smallest absolute Gasteiger partial charge is 0.332 e. The van der Waals surface area contributed by atoms with Crippen LogP contribution >= 0.6 is 0 Å². The molecule has 0 atom stereocenters. The van der Waals surface area contributed by atoms with E-state index in [1.807, 2.05) is 13.8 Å². The fraction of sp³-hybridized carbons (Fsp3) is 0.500. The molecule has 1 aliphatic rings. The normalized spacial score (nSPS) is 22.3. The Balaban J connectivity index is 3.31. The topological polar surface area (TPSA) is 74.6 Å². The Morgan fingerprint density at radius 3 is 2.31 bits per heavy atom. The summed E-state index contributed by atoms with van der Waals surface area (Å²) in [6, 6.07) is 0. The Morgan fingerprint density at radius 1 is 1.31 bits per heavy atom. The highest BCUT2D eigenvalue weighted by Crippen LogP contribution is 2.42. The number of allylic oxidation sites excluding steroid dienone is 2. The lowest BCUT2D eigenvalue weighted by Gasteiger charge is -2.33. The van der Waals surface area contributed by atoms with Crippen LogP contribution in [0.15, 0.2) is 22.8 Å². The van der Waals surface area contributed by atoms with Gasteiger partial charge in [-0.05, 0) is 36.3 Å². The molecule has 88 valence electrons. The van der Waals surface area contributed by atoms with Crippen molar-refractivity contribution in [2.24, 2.45) is 5.41 Å². The highest BCUT2D eigenvalue weighted by molar-refractivity contribution is 5.91. The van der Waals surface area contributed by atoms with Crippen LogP contribution in [0.5, 0.6) is 0 Å². The molecular formula is C12H16O4. The first kappa shape index (κ1) is 12.5. The van der Waals surface area contributed by atoms with Gasteiger partial charge in [0.25, 0.3) is 0 Å². The zero-order chi connectivity index (χ0) is 12.5. The van der Waals surface area contributed by atoms with Crippen molar-refractivity contribution in [3.05, 3.63) is 22.8 Å². The molecule has 0 spiro atoms. The lowest BCUT2D eigenvalue weighted by Crippen LogP contribution is -2.27. The van der Waals surface area contributed by atoms with E-state index in [0.29, 0.717) is 29.6 Å². The predicted molar refractivity (Wildman–Crippen MR) is 59.1 cm³/mol. The molecule has 0 aromatic heterocycles. The molecule has 4 heteroatoms. The predicted octanol–water partition coefficient (Wildman–Crippen LogP) is 2.22. The second-order valence-corrected chi connectivity index (χ2v) is 4.70. The maximum absolute atomic E-state index is 11.2. The van der Waals surface area contributed by atoms with Gasteiger partial charge in [-0.2, -0.15) is 0 Å². The first-order valence-corrected chi connectivity index (χ1v) is 5.14. The van der Waals surface area contributed by atoms with Crippen LogP contribution < -0.4 is 0 Å². The van der Waals surface area contributed by atoms with Crippen LogP contribution in [0, 0.1) is 5.41 Å². The molecule has 0 saturated carbocycles. The number of rotatable bonds is 2. The lowest BCUT2D eigenvalue weighted by molar-refractivity contribution is -0.134. The molecule has 16 heavy (non-hydrogen) atoms. The third-order valence-corrected chi connectivity index (χ3v) is 3.06. The van der Waals surface area contributed by atoms with Crippen LogP contribution in [0.4, 0.5) is 0 Å². The summed E-state index contributed by atoms with van der Waals surface area (Å²) in [5.41, 5.74) is 1.13. The molecule has 0 aliphatic heterocycles. The van der Waals surface area contributed by atoms with Crippen LogP contribution in [0.25, 0.3) is 0 Å². The van der Waals surface area contributed by atoms with E-state index in [2.05, 4.69) is 0 Å². The molecule has 0 aromatic carbocycles. The molecule has 0 heterocycles. The van der Waals surface area contributed by atoms with E-state index in [9.17, 15) is 9.59 Å². The van der Waals surface area contributed by atoms with E-state index in [0.717, 1.165) is 6.08 Å². The molecule has 0 saturated heterocycles. The molecule has 0 amide bonds. The molecular weight excluding hydrogens is 208 g/mol. The van der Waals surface area contributed by atoms with Crippen molar-refractivity contribution in [2.75, 3.05) is 0 Å². The molecule has 4 nitrogen and oxygen atoms in total. The third-order valence-electron chi connectivity index (χ3n) is 3.06. The first-order chi connectivity index (χ1) is 7.25. The van der Waals surface area contributed by atoms with Crippen molar-refractivity contribution in [2.45, 2.75) is 33.6 Å². The molecule has 1 rings (SSSR count). The van der Waals surface area contributed by atoms with Crippen molar-refractivity contribution in [1.82, 2.24) is 0 Å². The number of aliphatic carboxylic acids is 2. The van der Waals surface area contributed by atoms with E-state index in [-0.39, 0.29) is 0 Å². The lowest BCUT2D eigenvalue weighted by atomic mass is 9.71. The molecule has 0 fully saturated rings. The van der Waals surface area contributed by atoms with Gasteiger partial charge in [0.1, 0.15) is 0 Å². The number of hydrogen-bond donors (Lipinski definition) is 2. The standard InChI is InChI=1S/C12H16O4/c1-7-8(6-9(13)14)4-5-12(2,3)10(7)11(15)16/h6H,4-5H2,1-3H3,(H,13,14)(H,15,16)/b8-6+. The summed E-state index contributed by atoms with van der Waals surface area (Å²) >= 11 is 0. The molecule has 0 aromatic rings. The number of carboxylic acids is 2. The highest BCUT2D eigenvalue weighted by atomic mass is 16.4. The van der Waals surface area contributed by atoms with E-state index >= 15 is 0 Å². The van der Waals surface area contributed by atoms with Crippen LogP contribution in [0.2, 0.25) is 0 Å². The summed E-state index contributed by atoms with van der Waals surface area (Å²) in [6.45, 7) is 5.42. The van der Waals surface area contributed by atoms with Crippen molar-refractivity contribution in [3.63, 3.8) is 0 Å². The van der Waals surface area contributed by atoms with Gasteiger partial charge in [0.15, 0.2) is 0 Å². The van der Waals surface area contributed by atoms with E-state index in [1.165, 1.54) is 0 Å². The van der Waals surface area contributed by atoms with Gasteiger partial charge in [-0.15, -0.1) is 0 Å². The summed E-state index contributed by atoms with van der Waals surface area (Å²) in [7, 11) is 0. The molecule has 0 bridgehead atoms. The third kappa shape index (κ3) is 2.32. The summed E-state index contributed by atoms with van der Waals surface area (Å²) in [4.78, 5) is 21.8. The SMILES string of the molecule is CC1=C(C(=O)O)C(C)(C)CC/C1=C\C(=O)O. The monoisotopic (exact) mass is 224 g/mol. The maximum atomic E-state index is 11.2. The number of carbonyl (C=O) groups is 2. The first-order valence-electron chi connectivity index (χ1n) is 5.14. The fourth-order valence-electron chi connectivity index (χ4n) is 2.21. The Morgan fingerprint density at radius 2 is 1.88 bits per heavy atom. The molecule has 1 aliphatic carbocycles. The van der Waals surface area contributed by atoms with Crippen LogP contribution in [0.3, 0.4) is 0 Å². The maximum Gasteiger partial charge on any atom is 0.332 e. The average molecular weight is 224 g/mol. The van der Waals surface area contributed by atoms with Crippen LogP contribution in [-0.4, -0.2) is 22.2 Å². The minimum absolute atomic E-state index is 0.325. The van der Waals surface area contributed by atoms with Crippen molar-refractivity contribution in [3.8, 4) is 0 Å². The largest absolute Gasteiger partial charge is 0.478 e.